The molecular weight excluding hydrogens is 376 g/mol. The quantitative estimate of drug-likeness (QED) is 0.636. The first-order valence-corrected chi connectivity index (χ1v) is 10.4. The third-order valence-corrected chi connectivity index (χ3v) is 5.76. The summed E-state index contributed by atoms with van der Waals surface area (Å²) in [6.07, 6.45) is 2.25. The number of amides is 1. The zero-order chi connectivity index (χ0) is 18.9. The lowest BCUT2D eigenvalue weighted by atomic mass is 10.0. The van der Waals surface area contributed by atoms with E-state index in [0.29, 0.717) is 24.4 Å². The monoisotopic (exact) mass is 396 g/mol. The van der Waals surface area contributed by atoms with Crippen molar-refractivity contribution in [1.29, 1.82) is 0 Å². The van der Waals surface area contributed by atoms with E-state index in [9.17, 15) is 4.79 Å². The van der Waals surface area contributed by atoms with Crippen LogP contribution in [0.4, 0.5) is 0 Å². The zero-order valence-electron chi connectivity index (χ0n) is 15.2. The molecule has 2 aromatic carbocycles. The van der Waals surface area contributed by atoms with Gasteiger partial charge in [0, 0.05) is 0 Å². The smallest absolute Gasteiger partial charge is 0.257 e. The number of para-hydroxylation sites is 2. The van der Waals surface area contributed by atoms with Crippen molar-refractivity contribution in [3.05, 3.63) is 48.0 Å². The molecule has 2 aliphatic rings. The second-order valence-electron chi connectivity index (χ2n) is 7.02. The molecule has 1 N–H and O–H groups in total. The van der Waals surface area contributed by atoms with Gasteiger partial charge in [0.1, 0.15) is 18.7 Å². The van der Waals surface area contributed by atoms with Crippen molar-refractivity contribution in [1.82, 2.24) is 10.3 Å². The molecule has 144 valence electrons. The minimum absolute atomic E-state index is 0.00689. The van der Waals surface area contributed by atoms with Crippen LogP contribution >= 0.6 is 11.8 Å². The van der Waals surface area contributed by atoms with E-state index in [4.69, 9.17) is 13.9 Å². The van der Waals surface area contributed by atoms with Crippen LogP contribution in [-0.2, 0) is 4.79 Å². The van der Waals surface area contributed by atoms with Crippen molar-refractivity contribution >= 4 is 28.8 Å². The Hall–Kier alpha value is -2.67. The molecule has 7 heteroatoms. The van der Waals surface area contributed by atoms with Gasteiger partial charge in [-0.1, -0.05) is 30.0 Å². The van der Waals surface area contributed by atoms with E-state index in [1.165, 1.54) is 11.8 Å². The number of rotatable bonds is 6. The summed E-state index contributed by atoms with van der Waals surface area (Å²) in [4.78, 5) is 17.0. The first kappa shape index (κ1) is 17.4. The molecule has 3 aromatic rings. The van der Waals surface area contributed by atoms with Gasteiger partial charge in [-0.3, -0.25) is 4.79 Å². The lowest BCUT2D eigenvalue weighted by molar-refractivity contribution is -0.119. The molecule has 1 amide bonds. The van der Waals surface area contributed by atoms with Crippen LogP contribution in [0.25, 0.3) is 11.1 Å². The Balaban J connectivity index is 1.25. The number of benzene rings is 2. The summed E-state index contributed by atoms with van der Waals surface area (Å²) in [5.74, 6) is 2.23. The number of thioether (sulfide) groups is 1. The predicted molar refractivity (Wildman–Crippen MR) is 106 cm³/mol. The van der Waals surface area contributed by atoms with E-state index in [1.54, 1.807) is 0 Å². The predicted octanol–water partition coefficient (Wildman–Crippen LogP) is 3.96. The molecule has 1 aliphatic carbocycles. The minimum atomic E-state index is -0.0287. The summed E-state index contributed by atoms with van der Waals surface area (Å²) in [6.45, 7) is 1.13. The van der Waals surface area contributed by atoms with Crippen LogP contribution in [0.3, 0.4) is 0 Å². The summed E-state index contributed by atoms with van der Waals surface area (Å²) in [5.41, 5.74) is 2.60. The normalized spacial score (nSPS) is 16.7. The van der Waals surface area contributed by atoms with Gasteiger partial charge in [-0.25, -0.2) is 4.98 Å². The summed E-state index contributed by atoms with van der Waals surface area (Å²) in [5, 5.41) is 3.69. The molecule has 6 nitrogen and oxygen atoms in total. The number of carbonyl (C=O) groups is 1. The van der Waals surface area contributed by atoms with Crippen LogP contribution in [-0.4, -0.2) is 29.9 Å². The SMILES string of the molecule is O=C(CSc1nc2ccccc2o1)NC(c1ccc2c(c1)OCCO2)C1CC1. The number of aromatic nitrogens is 1. The summed E-state index contributed by atoms with van der Waals surface area (Å²) in [6, 6.07) is 13.5. The highest BCUT2D eigenvalue weighted by Gasteiger charge is 2.34. The summed E-state index contributed by atoms with van der Waals surface area (Å²) >= 11 is 1.31. The lowest BCUT2D eigenvalue weighted by Crippen LogP contribution is -2.31. The molecule has 0 radical (unpaired) electrons. The number of nitrogens with one attached hydrogen (secondary N) is 1. The zero-order valence-corrected chi connectivity index (χ0v) is 16.0. The van der Waals surface area contributed by atoms with Gasteiger partial charge in [-0.2, -0.15) is 0 Å². The van der Waals surface area contributed by atoms with E-state index in [-0.39, 0.29) is 17.7 Å². The summed E-state index contributed by atoms with van der Waals surface area (Å²) in [7, 11) is 0. The van der Waals surface area contributed by atoms with Gasteiger partial charge in [0.05, 0.1) is 11.8 Å². The Morgan fingerprint density at radius 1 is 1.14 bits per heavy atom. The van der Waals surface area contributed by atoms with Crippen LogP contribution in [0.1, 0.15) is 24.4 Å². The molecule has 1 saturated carbocycles. The second kappa shape index (κ2) is 7.39. The second-order valence-corrected chi connectivity index (χ2v) is 7.95. The molecule has 1 fully saturated rings. The number of hydrogen-bond acceptors (Lipinski definition) is 6. The Morgan fingerprint density at radius 2 is 1.96 bits per heavy atom. The molecular formula is C21H20N2O4S. The highest BCUT2D eigenvalue weighted by atomic mass is 32.2. The minimum Gasteiger partial charge on any atom is -0.486 e. The maximum absolute atomic E-state index is 12.6. The van der Waals surface area contributed by atoms with Crippen LogP contribution in [0.15, 0.2) is 52.1 Å². The van der Waals surface area contributed by atoms with Gasteiger partial charge in [-0.05, 0) is 48.6 Å². The largest absolute Gasteiger partial charge is 0.486 e. The van der Waals surface area contributed by atoms with E-state index in [1.807, 2.05) is 42.5 Å². The molecule has 28 heavy (non-hydrogen) atoms. The van der Waals surface area contributed by atoms with E-state index < -0.39 is 0 Å². The van der Waals surface area contributed by atoms with Crippen molar-refractivity contribution in [2.75, 3.05) is 19.0 Å². The maximum Gasteiger partial charge on any atom is 0.257 e. The molecule has 5 rings (SSSR count). The van der Waals surface area contributed by atoms with Crippen molar-refractivity contribution < 1.29 is 18.7 Å². The van der Waals surface area contributed by atoms with Crippen LogP contribution in [0, 0.1) is 5.92 Å². The number of oxazole rings is 1. The standard InChI is InChI=1S/C21H20N2O4S/c24-19(12-28-21-22-15-3-1-2-4-16(15)27-21)23-20(13-5-6-13)14-7-8-17-18(11-14)26-10-9-25-17/h1-4,7-8,11,13,20H,5-6,9-10,12H2,(H,23,24). The number of nitrogens with zero attached hydrogens (tertiary/aromatic N) is 1. The van der Waals surface area contributed by atoms with Crippen LogP contribution in [0.2, 0.25) is 0 Å². The number of ether oxygens (including phenoxy) is 2. The highest BCUT2D eigenvalue weighted by molar-refractivity contribution is 7.99. The lowest BCUT2D eigenvalue weighted by Gasteiger charge is -2.23. The van der Waals surface area contributed by atoms with Gasteiger partial charge < -0.3 is 19.2 Å². The highest BCUT2D eigenvalue weighted by Crippen LogP contribution is 2.43. The Morgan fingerprint density at radius 3 is 2.79 bits per heavy atom. The molecule has 0 saturated heterocycles. The third-order valence-electron chi connectivity index (χ3n) is 4.94. The fraction of sp³-hybridized carbons (Fsp3) is 0.333. The number of carbonyl (C=O) groups excluding carboxylic acids is 1. The van der Waals surface area contributed by atoms with Gasteiger partial charge in [-0.15, -0.1) is 0 Å². The third kappa shape index (κ3) is 3.67. The van der Waals surface area contributed by atoms with Crippen molar-refractivity contribution in [2.45, 2.75) is 24.1 Å². The molecule has 1 unspecified atom stereocenters. The van der Waals surface area contributed by atoms with Gasteiger partial charge in [0.2, 0.25) is 5.91 Å². The van der Waals surface area contributed by atoms with E-state index in [2.05, 4.69) is 10.3 Å². The average Bonchev–Trinajstić information content (AvgIpc) is 3.48. The molecule has 1 aliphatic heterocycles. The fourth-order valence-electron chi connectivity index (χ4n) is 3.41. The van der Waals surface area contributed by atoms with Crippen molar-refractivity contribution in [2.24, 2.45) is 5.92 Å². The van der Waals surface area contributed by atoms with Crippen molar-refractivity contribution in [3.63, 3.8) is 0 Å². The Bertz CT molecular complexity index is 982. The summed E-state index contributed by atoms with van der Waals surface area (Å²) < 4.78 is 17.0. The molecule has 0 bridgehead atoms. The van der Waals surface area contributed by atoms with E-state index >= 15 is 0 Å². The van der Waals surface area contributed by atoms with E-state index in [0.717, 1.165) is 41.0 Å². The first-order chi connectivity index (χ1) is 13.8. The molecule has 0 spiro atoms. The molecule has 2 heterocycles. The average molecular weight is 396 g/mol. The maximum atomic E-state index is 12.6. The molecule has 1 aromatic heterocycles. The fourth-order valence-corrected chi connectivity index (χ4v) is 4.06. The van der Waals surface area contributed by atoms with Gasteiger partial charge in [0.25, 0.3) is 5.22 Å². The first-order valence-electron chi connectivity index (χ1n) is 9.43. The van der Waals surface area contributed by atoms with Crippen molar-refractivity contribution in [3.8, 4) is 11.5 Å². The van der Waals surface area contributed by atoms with Crippen LogP contribution < -0.4 is 14.8 Å². The van der Waals surface area contributed by atoms with Gasteiger partial charge in [0.15, 0.2) is 17.1 Å². The number of fused-ring (bicyclic) bond motifs is 2. The van der Waals surface area contributed by atoms with Crippen LogP contribution in [0.5, 0.6) is 11.5 Å². The topological polar surface area (TPSA) is 73.6 Å². The number of hydrogen-bond donors (Lipinski definition) is 1. The van der Waals surface area contributed by atoms with Gasteiger partial charge >= 0.3 is 0 Å². The Kier molecular flexibility index (Phi) is 4.60. The molecule has 1 atom stereocenters. The Labute approximate surface area is 166 Å².